The largest absolute Gasteiger partial charge is 0.493 e. The number of ether oxygens (including phenoxy) is 1. The van der Waals surface area contributed by atoms with Gasteiger partial charge in [-0.2, -0.15) is 0 Å². The molecule has 0 aromatic heterocycles. The van der Waals surface area contributed by atoms with Crippen molar-refractivity contribution >= 4 is 11.8 Å². The van der Waals surface area contributed by atoms with Crippen LogP contribution in [0.5, 0.6) is 5.75 Å². The molecule has 2 aromatic rings. The lowest BCUT2D eigenvalue weighted by Gasteiger charge is -2.45. The first-order valence-corrected chi connectivity index (χ1v) is 9.85. The van der Waals surface area contributed by atoms with E-state index in [0.717, 1.165) is 22.4 Å². The summed E-state index contributed by atoms with van der Waals surface area (Å²) in [6, 6.07) is 15.5. The van der Waals surface area contributed by atoms with Gasteiger partial charge in [-0.05, 0) is 32.4 Å². The zero-order valence-electron chi connectivity index (χ0n) is 16.3. The number of amides is 2. The summed E-state index contributed by atoms with van der Waals surface area (Å²) in [5, 5.41) is 2.91. The number of carbonyl (C=O) groups excluding carboxylic acids is 2. The molecule has 2 fully saturated rings. The molecular formula is C23H24N2O3. The van der Waals surface area contributed by atoms with Gasteiger partial charge in [-0.1, -0.05) is 48.0 Å². The molecule has 0 bridgehead atoms. The van der Waals surface area contributed by atoms with Crippen LogP contribution in [-0.2, 0) is 9.59 Å². The predicted molar refractivity (Wildman–Crippen MR) is 105 cm³/mol. The average molecular weight is 376 g/mol. The highest BCUT2D eigenvalue weighted by atomic mass is 16.5. The van der Waals surface area contributed by atoms with Crippen molar-refractivity contribution in [3.05, 3.63) is 65.2 Å². The third-order valence-electron chi connectivity index (χ3n) is 6.71. The minimum absolute atomic E-state index is 0.0155. The van der Waals surface area contributed by atoms with Crippen molar-refractivity contribution in [1.29, 1.82) is 0 Å². The Hall–Kier alpha value is -2.82. The molecule has 4 unspecified atom stereocenters. The van der Waals surface area contributed by atoms with Crippen LogP contribution in [0.2, 0.25) is 0 Å². The summed E-state index contributed by atoms with van der Waals surface area (Å²) in [6.07, 6.45) is 0. The van der Waals surface area contributed by atoms with E-state index in [9.17, 15) is 9.59 Å². The van der Waals surface area contributed by atoms with Crippen LogP contribution in [0, 0.1) is 12.8 Å². The standard InChI is InChI=1S/C23H24N2O3/c1-13-9-10-18-16(11-13)20-17(12-28-18)19(15-7-5-4-6-8-15)23(3)22(27)24-14(2)21(26)25(20)23/h4-11,14,17,19-20H,12H2,1-3H3,(H,24,27)/t14?,17?,19?,20?,23-/m1/s1. The maximum atomic E-state index is 13.4. The van der Waals surface area contributed by atoms with Crippen LogP contribution < -0.4 is 10.1 Å². The number of aryl methyl sites for hydroxylation is 1. The van der Waals surface area contributed by atoms with Crippen molar-refractivity contribution in [1.82, 2.24) is 10.2 Å². The second kappa shape index (κ2) is 5.84. The summed E-state index contributed by atoms with van der Waals surface area (Å²) in [6.45, 7) is 6.21. The van der Waals surface area contributed by atoms with E-state index in [2.05, 4.69) is 23.5 Å². The van der Waals surface area contributed by atoms with Gasteiger partial charge < -0.3 is 15.0 Å². The monoisotopic (exact) mass is 376 g/mol. The Labute approximate surface area is 164 Å². The third kappa shape index (κ3) is 2.13. The molecule has 0 aliphatic carbocycles. The zero-order chi connectivity index (χ0) is 19.6. The maximum Gasteiger partial charge on any atom is 0.247 e. The number of benzene rings is 2. The Balaban J connectivity index is 1.76. The molecule has 28 heavy (non-hydrogen) atoms. The minimum atomic E-state index is -0.949. The van der Waals surface area contributed by atoms with E-state index in [1.807, 2.05) is 49.1 Å². The fourth-order valence-corrected chi connectivity index (χ4v) is 5.46. The molecule has 5 heteroatoms. The summed E-state index contributed by atoms with van der Waals surface area (Å²) < 4.78 is 6.12. The third-order valence-corrected chi connectivity index (χ3v) is 6.71. The van der Waals surface area contributed by atoms with Crippen LogP contribution in [0.4, 0.5) is 0 Å². The van der Waals surface area contributed by atoms with Crippen molar-refractivity contribution in [3.8, 4) is 5.75 Å². The van der Waals surface area contributed by atoms with Gasteiger partial charge in [0, 0.05) is 17.4 Å². The summed E-state index contributed by atoms with van der Waals surface area (Å²) in [5.41, 5.74) is 2.25. The second-order valence-corrected chi connectivity index (χ2v) is 8.40. The maximum absolute atomic E-state index is 13.4. The van der Waals surface area contributed by atoms with Crippen LogP contribution in [0.15, 0.2) is 48.5 Å². The first-order valence-electron chi connectivity index (χ1n) is 9.85. The molecule has 1 N–H and O–H groups in total. The van der Waals surface area contributed by atoms with Gasteiger partial charge in [-0.15, -0.1) is 0 Å². The van der Waals surface area contributed by atoms with E-state index in [1.54, 1.807) is 6.92 Å². The van der Waals surface area contributed by atoms with Gasteiger partial charge in [-0.25, -0.2) is 0 Å². The number of piperazine rings is 1. The second-order valence-electron chi connectivity index (χ2n) is 8.40. The first-order chi connectivity index (χ1) is 13.4. The smallest absolute Gasteiger partial charge is 0.247 e. The van der Waals surface area contributed by atoms with E-state index < -0.39 is 11.6 Å². The minimum Gasteiger partial charge on any atom is -0.493 e. The summed E-state index contributed by atoms with van der Waals surface area (Å²) in [7, 11) is 0. The highest BCUT2D eigenvalue weighted by molar-refractivity contribution is 6.01. The van der Waals surface area contributed by atoms with Gasteiger partial charge in [0.2, 0.25) is 11.8 Å². The Morgan fingerprint density at radius 1 is 1.14 bits per heavy atom. The van der Waals surface area contributed by atoms with Crippen LogP contribution in [0.3, 0.4) is 0 Å². The van der Waals surface area contributed by atoms with E-state index >= 15 is 0 Å². The average Bonchev–Trinajstić information content (AvgIpc) is 2.97. The van der Waals surface area contributed by atoms with Crippen molar-refractivity contribution in [2.24, 2.45) is 5.92 Å². The van der Waals surface area contributed by atoms with Crippen LogP contribution in [0.1, 0.15) is 42.5 Å². The van der Waals surface area contributed by atoms with E-state index in [0.29, 0.717) is 6.61 Å². The summed E-state index contributed by atoms with van der Waals surface area (Å²) >= 11 is 0. The van der Waals surface area contributed by atoms with E-state index in [4.69, 9.17) is 4.74 Å². The van der Waals surface area contributed by atoms with Gasteiger partial charge in [0.25, 0.3) is 0 Å². The molecule has 144 valence electrons. The molecule has 5 atom stereocenters. The number of hydrogen-bond donors (Lipinski definition) is 1. The fourth-order valence-electron chi connectivity index (χ4n) is 5.46. The van der Waals surface area contributed by atoms with Gasteiger partial charge in [0.05, 0.1) is 12.6 Å². The molecule has 3 aliphatic heterocycles. The number of carbonyl (C=O) groups is 2. The summed E-state index contributed by atoms with van der Waals surface area (Å²) in [5.74, 6) is 0.585. The van der Waals surface area contributed by atoms with Crippen molar-refractivity contribution in [2.45, 2.75) is 44.3 Å². The molecule has 3 aliphatic rings. The van der Waals surface area contributed by atoms with Crippen LogP contribution >= 0.6 is 0 Å². The molecule has 0 radical (unpaired) electrons. The van der Waals surface area contributed by atoms with E-state index in [-0.39, 0.29) is 29.7 Å². The zero-order valence-corrected chi connectivity index (χ0v) is 16.3. The van der Waals surface area contributed by atoms with Gasteiger partial charge in [-0.3, -0.25) is 9.59 Å². The lowest BCUT2D eigenvalue weighted by Crippen LogP contribution is -2.68. The van der Waals surface area contributed by atoms with Crippen molar-refractivity contribution in [2.75, 3.05) is 6.61 Å². The lowest BCUT2D eigenvalue weighted by molar-refractivity contribution is -0.156. The quantitative estimate of drug-likeness (QED) is 0.833. The Morgan fingerprint density at radius 3 is 2.64 bits per heavy atom. The molecule has 5 nitrogen and oxygen atoms in total. The normalized spacial score (nSPS) is 33.5. The van der Waals surface area contributed by atoms with Gasteiger partial charge in [0.1, 0.15) is 17.3 Å². The molecule has 0 spiro atoms. The highest BCUT2D eigenvalue weighted by Crippen LogP contribution is 2.59. The molecule has 2 aromatic carbocycles. The predicted octanol–water partition coefficient (Wildman–Crippen LogP) is 2.95. The molecule has 2 saturated heterocycles. The van der Waals surface area contributed by atoms with Crippen LogP contribution in [-0.4, -0.2) is 34.9 Å². The lowest BCUT2D eigenvalue weighted by atomic mass is 9.73. The Morgan fingerprint density at radius 2 is 1.89 bits per heavy atom. The topological polar surface area (TPSA) is 58.6 Å². The fraction of sp³-hybridized carbons (Fsp3) is 0.391. The van der Waals surface area contributed by atoms with Crippen molar-refractivity contribution in [3.63, 3.8) is 0 Å². The Bertz CT molecular complexity index is 973. The van der Waals surface area contributed by atoms with Crippen molar-refractivity contribution < 1.29 is 14.3 Å². The number of nitrogens with one attached hydrogen (secondary N) is 1. The number of fused-ring (bicyclic) bond motifs is 5. The molecule has 0 saturated carbocycles. The van der Waals surface area contributed by atoms with E-state index in [1.165, 1.54) is 0 Å². The van der Waals surface area contributed by atoms with Crippen LogP contribution in [0.25, 0.3) is 0 Å². The first kappa shape index (κ1) is 17.3. The van der Waals surface area contributed by atoms with Gasteiger partial charge in [0.15, 0.2) is 0 Å². The molecule has 3 heterocycles. The SMILES string of the molecule is Cc1ccc2c(c1)C1C(CO2)C(c2ccccc2)[C@]2(C)C(=O)NC(C)C(=O)N12. The molecule has 2 amide bonds. The number of rotatable bonds is 1. The Kier molecular flexibility index (Phi) is 3.60. The molecular weight excluding hydrogens is 352 g/mol. The highest BCUT2D eigenvalue weighted by Gasteiger charge is 2.66. The summed E-state index contributed by atoms with van der Waals surface area (Å²) in [4.78, 5) is 28.5. The number of nitrogens with zero attached hydrogens (tertiary/aromatic N) is 1. The molecule has 5 rings (SSSR count). The number of hydrogen-bond acceptors (Lipinski definition) is 3. The van der Waals surface area contributed by atoms with Gasteiger partial charge >= 0.3 is 0 Å².